The van der Waals surface area contributed by atoms with Crippen LogP contribution < -0.4 is 4.74 Å². The highest BCUT2D eigenvalue weighted by Crippen LogP contribution is 2.30. The lowest BCUT2D eigenvalue weighted by Crippen LogP contribution is -2.41. The minimum atomic E-state index is 0.0892. The van der Waals surface area contributed by atoms with Crippen LogP contribution in [0.2, 0.25) is 0 Å². The molecule has 0 unspecified atom stereocenters. The first-order chi connectivity index (χ1) is 11.7. The summed E-state index contributed by atoms with van der Waals surface area (Å²) in [6.07, 6.45) is 5.92. The molecule has 0 spiro atoms. The summed E-state index contributed by atoms with van der Waals surface area (Å²) < 4.78 is 5.73. The molecule has 1 atom stereocenters. The van der Waals surface area contributed by atoms with Gasteiger partial charge in [0.15, 0.2) is 0 Å². The van der Waals surface area contributed by atoms with E-state index in [0.29, 0.717) is 12.5 Å². The van der Waals surface area contributed by atoms with Crippen LogP contribution in [0, 0.1) is 6.92 Å². The molecule has 5 nitrogen and oxygen atoms in total. The van der Waals surface area contributed by atoms with E-state index in [1.165, 1.54) is 5.56 Å². The molecule has 0 saturated carbocycles. The number of likely N-dealkylation sites (tertiary alicyclic amines) is 1. The van der Waals surface area contributed by atoms with Gasteiger partial charge in [0.25, 0.3) is 5.91 Å². The van der Waals surface area contributed by atoms with E-state index in [-0.39, 0.29) is 5.91 Å². The number of amides is 1. The molecular formula is C19H21N3O2. The summed E-state index contributed by atoms with van der Waals surface area (Å²) in [5.41, 5.74) is 4.04. The van der Waals surface area contributed by atoms with Gasteiger partial charge in [-0.05, 0) is 37.5 Å². The Morgan fingerprint density at radius 1 is 1.38 bits per heavy atom. The van der Waals surface area contributed by atoms with Crippen molar-refractivity contribution >= 4 is 12.0 Å². The number of aromatic nitrogens is 2. The molecule has 1 amide bonds. The quantitative estimate of drug-likeness (QED) is 0.924. The predicted octanol–water partition coefficient (Wildman–Crippen LogP) is 2.90. The second-order valence-electron chi connectivity index (χ2n) is 6.55. The molecule has 24 heavy (non-hydrogen) atoms. The van der Waals surface area contributed by atoms with E-state index < -0.39 is 0 Å². The molecule has 5 heteroatoms. The fourth-order valence-electron chi connectivity index (χ4n) is 3.61. The molecule has 0 bridgehead atoms. The number of benzene rings is 1. The number of aromatic amines is 1. The largest absolute Gasteiger partial charge is 0.488 e. The Morgan fingerprint density at radius 2 is 2.25 bits per heavy atom. The van der Waals surface area contributed by atoms with Crippen molar-refractivity contribution in [3.63, 3.8) is 0 Å². The molecule has 2 aliphatic rings. The maximum Gasteiger partial charge on any atom is 0.253 e. The Kier molecular flexibility index (Phi) is 3.84. The van der Waals surface area contributed by atoms with Crippen LogP contribution in [0.4, 0.5) is 0 Å². The molecule has 2 aromatic rings. The second-order valence-corrected chi connectivity index (χ2v) is 6.55. The Bertz CT molecular complexity index is 793. The van der Waals surface area contributed by atoms with Crippen LogP contribution >= 0.6 is 0 Å². The van der Waals surface area contributed by atoms with Crippen LogP contribution in [0.1, 0.15) is 35.6 Å². The average molecular weight is 323 g/mol. The fraction of sp³-hybridized carbons (Fsp3) is 0.368. The monoisotopic (exact) mass is 323 g/mol. The first-order valence-corrected chi connectivity index (χ1v) is 8.44. The van der Waals surface area contributed by atoms with Gasteiger partial charge in [-0.2, -0.15) is 5.10 Å². The second kappa shape index (κ2) is 6.15. The van der Waals surface area contributed by atoms with Gasteiger partial charge in [-0.15, -0.1) is 0 Å². The third-order valence-corrected chi connectivity index (χ3v) is 4.89. The molecule has 1 saturated heterocycles. The maximum absolute atomic E-state index is 12.9. The zero-order chi connectivity index (χ0) is 16.5. The van der Waals surface area contributed by atoms with Gasteiger partial charge in [0.2, 0.25) is 0 Å². The lowest BCUT2D eigenvalue weighted by atomic mass is 9.92. The molecule has 1 aromatic carbocycles. The number of nitrogens with zero attached hydrogens (tertiary/aromatic N) is 2. The van der Waals surface area contributed by atoms with Crippen molar-refractivity contribution in [2.45, 2.75) is 25.7 Å². The van der Waals surface area contributed by atoms with Gasteiger partial charge >= 0.3 is 0 Å². The van der Waals surface area contributed by atoms with Crippen molar-refractivity contribution in [3.8, 4) is 5.75 Å². The van der Waals surface area contributed by atoms with Crippen molar-refractivity contribution in [3.05, 3.63) is 52.9 Å². The minimum Gasteiger partial charge on any atom is -0.488 e. The number of ether oxygens (including phenoxy) is 1. The van der Waals surface area contributed by atoms with E-state index >= 15 is 0 Å². The smallest absolute Gasteiger partial charge is 0.253 e. The molecule has 0 aliphatic carbocycles. The van der Waals surface area contributed by atoms with Gasteiger partial charge in [0, 0.05) is 30.3 Å². The van der Waals surface area contributed by atoms with Gasteiger partial charge in [-0.3, -0.25) is 9.89 Å². The predicted molar refractivity (Wildman–Crippen MR) is 91.8 cm³/mol. The summed E-state index contributed by atoms with van der Waals surface area (Å²) in [4.78, 5) is 14.9. The molecular weight excluding hydrogens is 302 g/mol. The van der Waals surface area contributed by atoms with E-state index in [1.54, 1.807) is 0 Å². The van der Waals surface area contributed by atoms with Crippen LogP contribution in [0.3, 0.4) is 0 Å². The first kappa shape index (κ1) is 15.0. The molecule has 2 aliphatic heterocycles. The maximum atomic E-state index is 12.9. The lowest BCUT2D eigenvalue weighted by Gasteiger charge is -2.33. The summed E-state index contributed by atoms with van der Waals surface area (Å²) in [6.45, 7) is 3.95. The number of carbonyl (C=O) groups excluding carboxylic acids is 1. The number of nitrogens with one attached hydrogen (secondary N) is 1. The number of hydrogen-bond donors (Lipinski definition) is 1. The molecule has 1 aromatic heterocycles. The van der Waals surface area contributed by atoms with E-state index in [1.807, 2.05) is 41.4 Å². The molecule has 3 heterocycles. The molecule has 1 fully saturated rings. The van der Waals surface area contributed by atoms with Gasteiger partial charge in [-0.25, -0.2) is 0 Å². The summed E-state index contributed by atoms with van der Waals surface area (Å²) in [5, 5.41) is 7.22. The van der Waals surface area contributed by atoms with Crippen molar-refractivity contribution in [1.82, 2.24) is 15.1 Å². The number of rotatable bonds is 2. The van der Waals surface area contributed by atoms with Crippen LogP contribution in [0.15, 0.2) is 36.0 Å². The van der Waals surface area contributed by atoms with Crippen molar-refractivity contribution < 1.29 is 9.53 Å². The molecule has 0 radical (unpaired) electrons. The van der Waals surface area contributed by atoms with Gasteiger partial charge in [-0.1, -0.05) is 18.2 Å². The SMILES string of the molecule is Cc1cn[nH]c1[C@@H]1CCCN(C(=O)C2=Cc3ccccc3OC2)C1. The first-order valence-electron chi connectivity index (χ1n) is 8.44. The molecule has 1 N–H and O–H groups in total. The van der Waals surface area contributed by atoms with Gasteiger partial charge < -0.3 is 9.64 Å². The number of H-pyrrole nitrogens is 1. The number of aryl methyl sites for hydroxylation is 1. The van der Waals surface area contributed by atoms with Crippen LogP contribution in [-0.4, -0.2) is 40.7 Å². The summed E-state index contributed by atoms with van der Waals surface area (Å²) in [6, 6.07) is 7.82. The average Bonchev–Trinajstić information content (AvgIpc) is 3.07. The van der Waals surface area contributed by atoms with Crippen LogP contribution in [0.25, 0.3) is 6.08 Å². The van der Waals surface area contributed by atoms with Crippen LogP contribution in [0.5, 0.6) is 5.75 Å². The summed E-state index contributed by atoms with van der Waals surface area (Å²) in [5.74, 6) is 1.27. The Hall–Kier alpha value is -2.56. The zero-order valence-electron chi connectivity index (χ0n) is 13.8. The summed E-state index contributed by atoms with van der Waals surface area (Å²) >= 11 is 0. The molecule has 124 valence electrons. The number of fused-ring (bicyclic) bond motifs is 1. The van der Waals surface area contributed by atoms with Crippen LogP contribution in [-0.2, 0) is 4.79 Å². The van der Waals surface area contributed by atoms with Gasteiger partial charge in [0.05, 0.1) is 11.8 Å². The van der Waals surface area contributed by atoms with Crippen molar-refractivity contribution in [2.24, 2.45) is 0 Å². The van der Waals surface area contributed by atoms with E-state index in [2.05, 4.69) is 17.1 Å². The van der Waals surface area contributed by atoms with Crippen molar-refractivity contribution in [1.29, 1.82) is 0 Å². The summed E-state index contributed by atoms with van der Waals surface area (Å²) in [7, 11) is 0. The highest BCUT2D eigenvalue weighted by atomic mass is 16.5. The standard InChI is InChI=1S/C19H21N3O2/c1-13-10-20-21-18(13)15-6-4-8-22(11-15)19(23)16-9-14-5-2-3-7-17(14)24-12-16/h2-3,5,7,9-10,15H,4,6,8,11-12H2,1H3,(H,20,21)/t15-/m1/s1. The lowest BCUT2D eigenvalue weighted by molar-refractivity contribution is -0.128. The van der Waals surface area contributed by atoms with Gasteiger partial charge in [0.1, 0.15) is 12.4 Å². The molecule has 4 rings (SSSR count). The van der Waals surface area contributed by atoms with E-state index in [0.717, 1.165) is 48.5 Å². The number of piperidine rings is 1. The Morgan fingerprint density at radius 3 is 3.08 bits per heavy atom. The fourth-order valence-corrected chi connectivity index (χ4v) is 3.61. The normalized spacial score (nSPS) is 20.1. The number of hydrogen-bond acceptors (Lipinski definition) is 3. The zero-order valence-corrected chi connectivity index (χ0v) is 13.8. The van der Waals surface area contributed by atoms with Crippen molar-refractivity contribution in [2.75, 3.05) is 19.7 Å². The minimum absolute atomic E-state index is 0.0892. The third-order valence-electron chi connectivity index (χ3n) is 4.89. The van der Waals surface area contributed by atoms with E-state index in [4.69, 9.17) is 4.74 Å². The third kappa shape index (κ3) is 2.70. The Balaban J connectivity index is 1.53. The number of para-hydroxylation sites is 1. The Labute approximate surface area is 141 Å². The highest BCUT2D eigenvalue weighted by Gasteiger charge is 2.29. The number of carbonyl (C=O) groups is 1. The van der Waals surface area contributed by atoms with E-state index in [9.17, 15) is 4.79 Å². The topological polar surface area (TPSA) is 58.2 Å². The highest BCUT2D eigenvalue weighted by molar-refractivity contribution is 5.99.